The first-order valence-corrected chi connectivity index (χ1v) is 5.08. The third-order valence-corrected chi connectivity index (χ3v) is 2.40. The molecule has 0 unspecified atom stereocenters. The van der Waals surface area contributed by atoms with Crippen molar-refractivity contribution in [2.45, 2.75) is 12.8 Å². The standard InChI is InChI=1S/C11H11NO6/c13-10(14)6-8(11(15)16)5-7-1-3-9(4-2-7)12(17)18/h1-4,8H,5-6H2,(H,13,14)(H,15,16)/t8-/m0/s1. The van der Waals surface area contributed by atoms with Crippen LogP contribution in [0.4, 0.5) is 5.69 Å². The Morgan fingerprint density at radius 2 is 1.78 bits per heavy atom. The van der Waals surface area contributed by atoms with Crippen LogP contribution in [0.3, 0.4) is 0 Å². The smallest absolute Gasteiger partial charge is 0.307 e. The molecule has 1 aromatic rings. The molecule has 0 aliphatic rings. The van der Waals surface area contributed by atoms with Crippen LogP contribution >= 0.6 is 0 Å². The van der Waals surface area contributed by atoms with Crippen molar-refractivity contribution in [1.82, 2.24) is 0 Å². The van der Waals surface area contributed by atoms with E-state index in [-0.39, 0.29) is 12.1 Å². The largest absolute Gasteiger partial charge is 0.481 e. The van der Waals surface area contributed by atoms with Gasteiger partial charge in [0.1, 0.15) is 0 Å². The van der Waals surface area contributed by atoms with Gasteiger partial charge in [-0.05, 0) is 12.0 Å². The Morgan fingerprint density at radius 1 is 1.22 bits per heavy atom. The van der Waals surface area contributed by atoms with E-state index < -0.39 is 29.2 Å². The van der Waals surface area contributed by atoms with Crippen molar-refractivity contribution in [3.8, 4) is 0 Å². The fourth-order valence-electron chi connectivity index (χ4n) is 1.50. The molecule has 0 heterocycles. The molecule has 2 N–H and O–H groups in total. The molecular formula is C11H11NO6. The van der Waals surface area contributed by atoms with Crippen molar-refractivity contribution in [3.63, 3.8) is 0 Å². The molecule has 1 atom stereocenters. The second-order valence-corrected chi connectivity index (χ2v) is 3.76. The molecule has 0 bridgehead atoms. The fourth-order valence-corrected chi connectivity index (χ4v) is 1.50. The summed E-state index contributed by atoms with van der Waals surface area (Å²) in [6.45, 7) is 0. The predicted molar refractivity (Wildman–Crippen MR) is 60.2 cm³/mol. The summed E-state index contributed by atoms with van der Waals surface area (Å²) in [6.07, 6.45) is -0.452. The van der Waals surface area contributed by atoms with Crippen LogP contribution in [0.5, 0.6) is 0 Å². The topological polar surface area (TPSA) is 118 Å². The summed E-state index contributed by atoms with van der Waals surface area (Å²) in [5.41, 5.74) is 0.457. The van der Waals surface area contributed by atoms with Gasteiger partial charge in [-0.3, -0.25) is 19.7 Å². The van der Waals surface area contributed by atoms with Crippen LogP contribution in [-0.4, -0.2) is 27.1 Å². The van der Waals surface area contributed by atoms with Crippen LogP contribution < -0.4 is 0 Å². The summed E-state index contributed by atoms with van der Waals surface area (Å²) in [5, 5.41) is 27.9. The van der Waals surface area contributed by atoms with Crippen LogP contribution in [0.2, 0.25) is 0 Å². The number of nitro groups is 1. The highest BCUT2D eigenvalue weighted by Crippen LogP contribution is 2.17. The van der Waals surface area contributed by atoms with Crippen LogP contribution in [0.25, 0.3) is 0 Å². The molecule has 18 heavy (non-hydrogen) atoms. The lowest BCUT2D eigenvalue weighted by Crippen LogP contribution is -2.20. The molecule has 0 saturated heterocycles. The van der Waals surface area contributed by atoms with Gasteiger partial charge < -0.3 is 10.2 Å². The van der Waals surface area contributed by atoms with Gasteiger partial charge in [0, 0.05) is 12.1 Å². The first kappa shape index (κ1) is 13.6. The minimum atomic E-state index is -1.20. The molecule has 0 radical (unpaired) electrons. The van der Waals surface area contributed by atoms with E-state index in [0.29, 0.717) is 5.56 Å². The van der Waals surface area contributed by atoms with Crippen molar-refractivity contribution in [2.75, 3.05) is 0 Å². The van der Waals surface area contributed by atoms with E-state index in [9.17, 15) is 19.7 Å². The summed E-state index contributed by atoms with van der Waals surface area (Å²) in [6, 6.07) is 5.37. The van der Waals surface area contributed by atoms with Gasteiger partial charge in [-0.1, -0.05) is 12.1 Å². The molecule has 0 aliphatic heterocycles. The number of nitro benzene ring substituents is 1. The highest BCUT2D eigenvalue weighted by atomic mass is 16.6. The minimum Gasteiger partial charge on any atom is -0.481 e. The highest BCUT2D eigenvalue weighted by molar-refractivity contribution is 5.78. The van der Waals surface area contributed by atoms with Crippen LogP contribution in [0.15, 0.2) is 24.3 Å². The number of hydrogen-bond acceptors (Lipinski definition) is 4. The Hall–Kier alpha value is -2.44. The van der Waals surface area contributed by atoms with E-state index in [0.717, 1.165) is 0 Å². The molecule has 0 aliphatic carbocycles. The Balaban J connectivity index is 2.78. The average Bonchev–Trinajstić information content (AvgIpc) is 2.28. The molecule has 0 spiro atoms. The van der Waals surface area contributed by atoms with Crippen molar-refractivity contribution in [3.05, 3.63) is 39.9 Å². The van der Waals surface area contributed by atoms with E-state index in [1.54, 1.807) is 0 Å². The van der Waals surface area contributed by atoms with Crippen molar-refractivity contribution >= 4 is 17.6 Å². The van der Waals surface area contributed by atoms with Gasteiger partial charge in [0.15, 0.2) is 0 Å². The maximum atomic E-state index is 10.8. The zero-order valence-corrected chi connectivity index (χ0v) is 9.28. The first-order chi connectivity index (χ1) is 8.40. The fraction of sp³-hybridized carbons (Fsp3) is 0.273. The maximum Gasteiger partial charge on any atom is 0.307 e. The number of benzene rings is 1. The SMILES string of the molecule is O=C(O)C[C@H](Cc1ccc([N+](=O)[O-])cc1)C(=O)O. The summed E-state index contributed by atoms with van der Waals surface area (Å²) in [5.74, 6) is -3.43. The summed E-state index contributed by atoms with van der Waals surface area (Å²) in [4.78, 5) is 31.2. The molecule has 96 valence electrons. The number of carboxylic acid groups (broad SMARTS) is 2. The molecule has 7 heteroatoms. The highest BCUT2D eigenvalue weighted by Gasteiger charge is 2.21. The van der Waals surface area contributed by atoms with E-state index >= 15 is 0 Å². The number of rotatable bonds is 6. The van der Waals surface area contributed by atoms with Gasteiger partial charge >= 0.3 is 11.9 Å². The Kier molecular flexibility index (Phi) is 4.36. The Bertz CT molecular complexity index is 467. The molecule has 0 amide bonds. The monoisotopic (exact) mass is 253 g/mol. The molecule has 7 nitrogen and oxygen atoms in total. The number of aliphatic carboxylic acids is 2. The Morgan fingerprint density at radius 3 is 2.17 bits per heavy atom. The lowest BCUT2D eigenvalue weighted by Gasteiger charge is -2.09. The predicted octanol–water partition coefficient (Wildman–Crippen LogP) is 1.31. The normalized spacial score (nSPS) is 11.8. The molecule has 0 saturated carbocycles. The Labute approximate surface area is 102 Å². The van der Waals surface area contributed by atoms with Crippen molar-refractivity contribution in [2.24, 2.45) is 5.92 Å². The molecule has 0 aromatic heterocycles. The number of carbonyl (C=O) groups is 2. The average molecular weight is 253 g/mol. The van der Waals surface area contributed by atoms with Crippen molar-refractivity contribution < 1.29 is 24.7 Å². The number of nitrogens with zero attached hydrogens (tertiary/aromatic N) is 1. The summed E-state index contributed by atoms with van der Waals surface area (Å²) in [7, 11) is 0. The second-order valence-electron chi connectivity index (χ2n) is 3.76. The summed E-state index contributed by atoms with van der Waals surface area (Å²) >= 11 is 0. The zero-order valence-electron chi connectivity index (χ0n) is 9.28. The third kappa shape index (κ3) is 3.85. The van der Waals surface area contributed by atoms with Crippen LogP contribution in [0.1, 0.15) is 12.0 Å². The quantitative estimate of drug-likeness (QED) is 0.583. The first-order valence-electron chi connectivity index (χ1n) is 5.08. The molecule has 0 fully saturated rings. The van der Waals surface area contributed by atoms with Gasteiger partial charge in [-0.2, -0.15) is 0 Å². The minimum absolute atomic E-state index is 0.0274. The van der Waals surface area contributed by atoms with E-state index in [1.165, 1.54) is 24.3 Å². The lowest BCUT2D eigenvalue weighted by molar-refractivity contribution is -0.384. The van der Waals surface area contributed by atoms with Crippen LogP contribution in [0, 0.1) is 16.0 Å². The van der Waals surface area contributed by atoms with E-state index in [1.807, 2.05) is 0 Å². The zero-order chi connectivity index (χ0) is 13.7. The number of carboxylic acids is 2. The van der Waals surface area contributed by atoms with Gasteiger partial charge in [-0.15, -0.1) is 0 Å². The lowest BCUT2D eigenvalue weighted by atomic mass is 9.96. The van der Waals surface area contributed by atoms with Gasteiger partial charge in [-0.25, -0.2) is 0 Å². The van der Waals surface area contributed by atoms with Crippen molar-refractivity contribution in [1.29, 1.82) is 0 Å². The van der Waals surface area contributed by atoms with E-state index in [4.69, 9.17) is 10.2 Å². The second kappa shape index (κ2) is 5.76. The molecular weight excluding hydrogens is 242 g/mol. The van der Waals surface area contributed by atoms with Gasteiger partial charge in [0.2, 0.25) is 0 Å². The number of hydrogen-bond donors (Lipinski definition) is 2. The maximum absolute atomic E-state index is 10.8. The molecule has 1 rings (SSSR count). The summed E-state index contributed by atoms with van der Waals surface area (Å²) < 4.78 is 0. The molecule has 1 aromatic carbocycles. The third-order valence-electron chi connectivity index (χ3n) is 2.40. The van der Waals surface area contributed by atoms with E-state index in [2.05, 4.69) is 0 Å². The van der Waals surface area contributed by atoms with Crippen LogP contribution in [-0.2, 0) is 16.0 Å². The van der Waals surface area contributed by atoms with Gasteiger partial charge in [0.25, 0.3) is 5.69 Å². The number of non-ortho nitro benzene ring substituents is 1. The van der Waals surface area contributed by atoms with Gasteiger partial charge in [0.05, 0.1) is 17.3 Å².